The molecule has 2 atom stereocenters. The highest BCUT2D eigenvalue weighted by atomic mass is 16.4. The van der Waals surface area contributed by atoms with Gasteiger partial charge in [-0.1, -0.05) is 12.1 Å². The van der Waals surface area contributed by atoms with E-state index in [1.54, 1.807) is 6.33 Å². The molecule has 22 heavy (non-hydrogen) atoms. The Morgan fingerprint density at radius 3 is 3.05 bits per heavy atom. The highest BCUT2D eigenvalue weighted by Crippen LogP contribution is 2.56. The zero-order valence-corrected chi connectivity index (χ0v) is 12.7. The summed E-state index contributed by atoms with van der Waals surface area (Å²) in [5, 5.41) is 9.67. The summed E-state index contributed by atoms with van der Waals surface area (Å²) >= 11 is 0. The van der Waals surface area contributed by atoms with Crippen molar-refractivity contribution in [1.29, 1.82) is 0 Å². The lowest BCUT2D eigenvalue weighted by Crippen LogP contribution is -2.23. The summed E-state index contributed by atoms with van der Waals surface area (Å²) in [6.45, 7) is 2.63. The number of aryl methyl sites for hydroxylation is 1. The standard InChI is InChI=1S/C17H21N3O2/c1-12-4-2-6-14(8-12)20-10-15(19-11-20)17(16(21)22)9-13(17)5-3-7-18/h2,4,6,8,10-11,13H,3,5,7,9,18H2,1H3,(H,21,22)/t13?,17-/m0/s1. The minimum Gasteiger partial charge on any atom is -0.481 e. The number of carboxylic acid groups (broad SMARTS) is 1. The number of carboxylic acids is 1. The molecular formula is C17H21N3O2. The summed E-state index contributed by atoms with van der Waals surface area (Å²) < 4.78 is 1.89. The maximum Gasteiger partial charge on any atom is 0.316 e. The van der Waals surface area contributed by atoms with Crippen LogP contribution in [-0.2, 0) is 10.2 Å². The van der Waals surface area contributed by atoms with Crippen molar-refractivity contribution >= 4 is 5.97 Å². The summed E-state index contributed by atoms with van der Waals surface area (Å²) in [5.41, 5.74) is 7.53. The molecule has 1 fully saturated rings. The van der Waals surface area contributed by atoms with Crippen LogP contribution in [-0.4, -0.2) is 27.2 Å². The number of aromatic nitrogens is 2. The van der Waals surface area contributed by atoms with Crippen LogP contribution in [0, 0.1) is 12.8 Å². The number of hydrogen-bond acceptors (Lipinski definition) is 3. The number of hydrogen-bond donors (Lipinski definition) is 2. The summed E-state index contributed by atoms with van der Waals surface area (Å²) in [7, 11) is 0. The van der Waals surface area contributed by atoms with Gasteiger partial charge in [0.2, 0.25) is 0 Å². The summed E-state index contributed by atoms with van der Waals surface area (Å²) in [4.78, 5) is 16.2. The number of imidazole rings is 1. The Kier molecular flexibility index (Phi) is 3.74. The lowest BCUT2D eigenvalue weighted by molar-refractivity contribution is -0.140. The van der Waals surface area contributed by atoms with Crippen LogP contribution in [0.5, 0.6) is 0 Å². The van der Waals surface area contributed by atoms with Crippen LogP contribution in [0.4, 0.5) is 0 Å². The molecule has 1 heterocycles. The second kappa shape index (κ2) is 5.57. The molecule has 5 heteroatoms. The third-order valence-electron chi connectivity index (χ3n) is 4.58. The first-order valence-corrected chi connectivity index (χ1v) is 7.63. The largest absolute Gasteiger partial charge is 0.481 e. The second-order valence-corrected chi connectivity index (χ2v) is 6.11. The van der Waals surface area contributed by atoms with E-state index in [4.69, 9.17) is 5.73 Å². The number of benzene rings is 1. The van der Waals surface area contributed by atoms with Crippen molar-refractivity contribution in [3.8, 4) is 5.69 Å². The van der Waals surface area contributed by atoms with Gasteiger partial charge in [-0.15, -0.1) is 0 Å². The van der Waals surface area contributed by atoms with Crippen molar-refractivity contribution in [1.82, 2.24) is 9.55 Å². The van der Waals surface area contributed by atoms with Gasteiger partial charge in [0.15, 0.2) is 0 Å². The highest BCUT2D eigenvalue weighted by molar-refractivity contribution is 5.85. The van der Waals surface area contributed by atoms with Crippen molar-refractivity contribution in [2.75, 3.05) is 6.54 Å². The van der Waals surface area contributed by atoms with Crippen molar-refractivity contribution in [3.05, 3.63) is 48.0 Å². The summed E-state index contributed by atoms with van der Waals surface area (Å²) in [6, 6.07) is 8.06. The summed E-state index contributed by atoms with van der Waals surface area (Å²) in [6.07, 6.45) is 5.92. The predicted octanol–water partition coefficient (Wildman–Crippen LogP) is 2.26. The highest BCUT2D eigenvalue weighted by Gasteiger charge is 2.62. The zero-order valence-electron chi connectivity index (χ0n) is 12.7. The first-order valence-electron chi connectivity index (χ1n) is 7.63. The van der Waals surface area contributed by atoms with Gasteiger partial charge in [0, 0.05) is 11.9 Å². The fraction of sp³-hybridized carbons (Fsp3) is 0.412. The molecule has 2 aromatic rings. The van der Waals surface area contributed by atoms with Gasteiger partial charge in [-0.3, -0.25) is 4.79 Å². The maximum atomic E-state index is 11.8. The molecule has 3 N–H and O–H groups in total. The average Bonchev–Trinajstić information content (AvgIpc) is 3.02. The molecule has 0 amide bonds. The van der Waals surface area contributed by atoms with Gasteiger partial charge in [-0.05, 0) is 56.3 Å². The predicted molar refractivity (Wildman–Crippen MR) is 84.0 cm³/mol. The maximum absolute atomic E-state index is 11.8. The van der Waals surface area contributed by atoms with Crippen molar-refractivity contribution in [3.63, 3.8) is 0 Å². The molecule has 1 aliphatic rings. The number of rotatable bonds is 6. The molecule has 3 rings (SSSR count). The fourth-order valence-electron chi connectivity index (χ4n) is 3.21. The molecule has 1 aromatic heterocycles. The van der Waals surface area contributed by atoms with E-state index >= 15 is 0 Å². The van der Waals surface area contributed by atoms with Crippen molar-refractivity contribution in [2.24, 2.45) is 11.7 Å². The van der Waals surface area contributed by atoms with Crippen molar-refractivity contribution < 1.29 is 9.90 Å². The van der Waals surface area contributed by atoms with Gasteiger partial charge >= 0.3 is 5.97 Å². The van der Waals surface area contributed by atoms with E-state index in [1.165, 1.54) is 0 Å². The van der Waals surface area contributed by atoms with Gasteiger partial charge < -0.3 is 15.4 Å². The molecule has 0 bridgehead atoms. The lowest BCUT2D eigenvalue weighted by Gasteiger charge is -2.09. The van der Waals surface area contributed by atoms with Crippen LogP contribution in [0.2, 0.25) is 0 Å². The molecule has 0 aliphatic heterocycles. The molecule has 1 aliphatic carbocycles. The zero-order chi connectivity index (χ0) is 15.7. The smallest absolute Gasteiger partial charge is 0.316 e. The van der Waals surface area contributed by atoms with E-state index < -0.39 is 11.4 Å². The number of nitrogens with two attached hydrogens (primary N) is 1. The second-order valence-electron chi connectivity index (χ2n) is 6.11. The topological polar surface area (TPSA) is 81.1 Å². The molecule has 116 valence electrons. The van der Waals surface area contributed by atoms with Crippen LogP contribution >= 0.6 is 0 Å². The number of aliphatic carboxylic acids is 1. The number of carbonyl (C=O) groups is 1. The molecule has 1 saturated carbocycles. The van der Waals surface area contributed by atoms with Crippen molar-refractivity contribution in [2.45, 2.75) is 31.6 Å². The van der Waals surface area contributed by atoms with E-state index in [0.717, 1.165) is 24.1 Å². The molecule has 1 aromatic carbocycles. The fourth-order valence-corrected chi connectivity index (χ4v) is 3.21. The third kappa shape index (κ3) is 2.41. The van der Waals surface area contributed by atoms with E-state index in [-0.39, 0.29) is 5.92 Å². The van der Waals surface area contributed by atoms with Gasteiger partial charge in [0.05, 0.1) is 12.0 Å². The van der Waals surface area contributed by atoms with E-state index in [2.05, 4.69) is 11.1 Å². The third-order valence-corrected chi connectivity index (χ3v) is 4.58. The Morgan fingerprint density at radius 2 is 2.36 bits per heavy atom. The van der Waals surface area contributed by atoms with E-state index in [9.17, 15) is 9.90 Å². The lowest BCUT2D eigenvalue weighted by atomic mass is 9.98. The first-order chi connectivity index (χ1) is 10.6. The van der Waals surface area contributed by atoms with Gasteiger partial charge in [-0.25, -0.2) is 4.98 Å². The van der Waals surface area contributed by atoms with Gasteiger partial charge in [0.1, 0.15) is 5.41 Å². The Morgan fingerprint density at radius 1 is 1.55 bits per heavy atom. The first kappa shape index (κ1) is 14.8. The summed E-state index contributed by atoms with van der Waals surface area (Å²) in [5.74, 6) is -0.626. The van der Waals surface area contributed by atoms with Gasteiger partial charge in [0.25, 0.3) is 0 Å². The Balaban J connectivity index is 1.88. The van der Waals surface area contributed by atoms with Crippen LogP contribution in [0.15, 0.2) is 36.8 Å². The molecule has 0 saturated heterocycles. The molecule has 0 spiro atoms. The van der Waals surface area contributed by atoms with Crippen LogP contribution in [0.25, 0.3) is 5.69 Å². The molecule has 5 nitrogen and oxygen atoms in total. The molecular weight excluding hydrogens is 278 g/mol. The minimum absolute atomic E-state index is 0.148. The molecule has 0 radical (unpaired) electrons. The molecule has 1 unspecified atom stereocenters. The Bertz CT molecular complexity index is 695. The SMILES string of the molecule is Cc1cccc(-n2cnc([C@]3(C(=O)O)CC3CCCN)c2)c1. The Labute approximate surface area is 129 Å². The van der Waals surface area contributed by atoms with Crippen LogP contribution in [0.3, 0.4) is 0 Å². The number of nitrogens with zero attached hydrogens (tertiary/aromatic N) is 2. The quantitative estimate of drug-likeness (QED) is 0.857. The van der Waals surface area contributed by atoms with Crippen LogP contribution < -0.4 is 5.73 Å². The average molecular weight is 299 g/mol. The van der Waals surface area contributed by atoms with Gasteiger partial charge in [-0.2, -0.15) is 0 Å². The Hall–Kier alpha value is -2.14. The van der Waals surface area contributed by atoms with Crippen LogP contribution in [0.1, 0.15) is 30.5 Å². The van der Waals surface area contributed by atoms with E-state index in [1.807, 2.05) is 35.9 Å². The normalized spacial score (nSPS) is 23.5. The minimum atomic E-state index is -0.815. The monoisotopic (exact) mass is 299 g/mol. The van der Waals surface area contributed by atoms with E-state index in [0.29, 0.717) is 18.7 Å².